The molecule has 0 bridgehead atoms. The highest BCUT2D eigenvalue weighted by Crippen LogP contribution is 2.09. The maximum atomic E-state index is 3.89. The van der Waals surface area contributed by atoms with Crippen LogP contribution < -0.4 is 0 Å². The molecule has 12 heavy (non-hydrogen) atoms. The summed E-state index contributed by atoms with van der Waals surface area (Å²) < 4.78 is 0. The summed E-state index contributed by atoms with van der Waals surface area (Å²) in [5.41, 5.74) is 1.84. The van der Waals surface area contributed by atoms with Gasteiger partial charge in [0.05, 0.1) is 11.9 Å². The van der Waals surface area contributed by atoms with E-state index in [0.29, 0.717) is 0 Å². The van der Waals surface area contributed by atoms with Crippen molar-refractivity contribution in [3.63, 3.8) is 0 Å². The first kappa shape index (κ1) is 6.91. The highest BCUT2D eigenvalue weighted by atomic mass is 15.3. The van der Waals surface area contributed by atoms with Crippen molar-refractivity contribution in [2.75, 3.05) is 0 Å². The average molecular weight is 157 g/mol. The van der Waals surface area contributed by atoms with E-state index >= 15 is 0 Å². The number of aromatic nitrogens is 3. The van der Waals surface area contributed by atoms with Gasteiger partial charge in [0.15, 0.2) is 0 Å². The van der Waals surface area contributed by atoms with Crippen molar-refractivity contribution < 1.29 is 0 Å². The number of nitrogens with zero attached hydrogens (tertiary/aromatic N) is 3. The topological polar surface area (TPSA) is 38.7 Å². The molecule has 0 fully saturated rings. The number of hydrogen-bond acceptors (Lipinski definition) is 3. The Morgan fingerprint density at radius 1 is 0.917 bits per heavy atom. The summed E-state index contributed by atoms with van der Waals surface area (Å²) in [5.74, 6) is 0. The molecule has 0 saturated carbocycles. The molecule has 0 amide bonds. The zero-order valence-electron chi connectivity index (χ0n) is 6.38. The van der Waals surface area contributed by atoms with Crippen molar-refractivity contribution in [1.82, 2.24) is 15.4 Å². The molecule has 0 aliphatic heterocycles. The molecule has 0 radical (unpaired) electrons. The molecule has 1 aromatic heterocycles. The van der Waals surface area contributed by atoms with Gasteiger partial charge in [0.2, 0.25) is 0 Å². The molecule has 0 atom stereocenters. The fourth-order valence-electron chi connectivity index (χ4n) is 0.978. The van der Waals surface area contributed by atoms with E-state index < -0.39 is 0 Å². The van der Waals surface area contributed by atoms with Gasteiger partial charge in [-0.3, -0.25) is 0 Å². The molecular formula is C9H7N3. The monoisotopic (exact) mass is 157 g/mol. The van der Waals surface area contributed by atoms with Crippen LogP contribution in [-0.4, -0.2) is 15.4 Å². The Kier molecular flexibility index (Phi) is 1.78. The average Bonchev–Trinajstić information content (AvgIpc) is 2.06. The molecule has 0 unspecified atom stereocenters. The maximum Gasteiger partial charge on any atom is 0.0963 e. The smallest absolute Gasteiger partial charge is 0.0963 e. The van der Waals surface area contributed by atoms with Gasteiger partial charge in [-0.05, 0) is 11.3 Å². The van der Waals surface area contributed by atoms with Crippen LogP contribution in [0.1, 0.15) is 11.3 Å². The van der Waals surface area contributed by atoms with Crippen molar-refractivity contribution in [2.45, 2.75) is 0 Å². The molecule has 0 N–H and O–H groups in total. The minimum absolute atomic E-state index is 0.852. The number of hydrogen-bond donors (Lipinski definition) is 0. The second-order valence-electron chi connectivity index (χ2n) is 2.38. The Balaban J connectivity index is 2.54. The Labute approximate surface area is 70.1 Å². The predicted molar refractivity (Wildman–Crippen MR) is 47.0 cm³/mol. The van der Waals surface area contributed by atoms with E-state index in [1.165, 1.54) is 0 Å². The summed E-state index contributed by atoms with van der Waals surface area (Å²) in [4.78, 5) is 0. The summed E-state index contributed by atoms with van der Waals surface area (Å²) in [6, 6.07) is 0. The van der Waals surface area contributed by atoms with Crippen LogP contribution in [0.4, 0.5) is 0 Å². The van der Waals surface area contributed by atoms with Crippen molar-refractivity contribution in [1.29, 1.82) is 0 Å². The van der Waals surface area contributed by atoms with Crippen LogP contribution in [0.25, 0.3) is 12.2 Å². The lowest BCUT2D eigenvalue weighted by atomic mass is 10.2. The van der Waals surface area contributed by atoms with E-state index in [1.54, 1.807) is 6.20 Å². The van der Waals surface area contributed by atoms with Gasteiger partial charge in [-0.15, -0.1) is 10.2 Å². The molecule has 0 aromatic carbocycles. The third-order valence-electron chi connectivity index (χ3n) is 1.56. The van der Waals surface area contributed by atoms with E-state index in [-0.39, 0.29) is 0 Å². The molecule has 2 rings (SSSR count). The molecular weight excluding hydrogens is 150 g/mol. The van der Waals surface area contributed by atoms with Crippen molar-refractivity contribution >= 4 is 12.2 Å². The van der Waals surface area contributed by atoms with Crippen molar-refractivity contribution in [2.24, 2.45) is 0 Å². The number of rotatable bonds is 0. The Morgan fingerprint density at radius 3 is 2.67 bits per heavy atom. The van der Waals surface area contributed by atoms with Crippen LogP contribution in [0.3, 0.4) is 0 Å². The summed E-state index contributed by atoms with van der Waals surface area (Å²) in [5, 5.41) is 11.1. The third kappa shape index (κ3) is 1.29. The molecule has 0 spiro atoms. The number of allylic oxidation sites excluding steroid dienone is 4. The van der Waals surface area contributed by atoms with Crippen LogP contribution >= 0.6 is 0 Å². The van der Waals surface area contributed by atoms with Crippen LogP contribution in [0.2, 0.25) is 0 Å². The molecule has 1 heterocycles. The van der Waals surface area contributed by atoms with Crippen LogP contribution in [0, 0.1) is 0 Å². The fraction of sp³-hybridized carbons (Fsp3) is 0. The number of fused-ring (bicyclic) bond motifs is 1. The van der Waals surface area contributed by atoms with Crippen LogP contribution in [0.15, 0.2) is 30.5 Å². The first-order valence-electron chi connectivity index (χ1n) is 3.66. The Bertz CT molecular complexity index is 329. The first-order chi connectivity index (χ1) is 5.97. The van der Waals surface area contributed by atoms with Gasteiger partial charge in [0, 0.05) is 5.56 Å². The summed E-state index contributed by atoms with van der Waals surface area (Å²) in [6.07, 6.45) is 13.3. The van der Waals surface area contributed by atoms with Gasteiger partial charge < -0.3 is 0 Å². The van der Waals surface area contributed by atoms with Gasteiger partial charge in [0.25, 0.3) is 0 Å². The zero-order chi connectivity index (χ0) is 8.23. The minimum Gasteiger partial charge on any atom is -0.138 e. The second-order valence-corrected chi connectivity index (χ2v) is 2.38. The van der Waals surface area contributed by atoms with Crippen LogP contribution in [0.5, 0.6) is 0 Å². The van der Waals surface area contributed by atoms with Crippen molar-refractivity contribution in [3.05, 3.63) is 41.8 Å². The van der Waals surface area contributed by atoms with E-state index in [1.807, 2.05) is 36.5 Å². The zero-order valence-corrected chi connectivity index (χ0v) is 6.38. The van der Waals surface area contributed by atoms with E-state index in [9.17, 15) is 0 Å². The van der Waals surface area contributed by atoms with Gasteiger partial charge in [-0.2, -0.15) is 0 Å². The van der Waals surface area contributed by atoms with Gasteiger partial charge >= 0.3 is 0 Å². The van der Waals surface area contributed by atoms with Crippen molar-refractivity contribution in [3.8, 4) is 0 Å². The fourth-order valence-corrected chi connectivity index (χ4v) is 0.978. The predicted octanol–water partition coefficient (Wildman–Crippen LogP) is 1.47. The largest absolute Gasteiger partial charge is 0.138 e. The molecule has 3 nitrogen and oxygen atoms in total. The normalized spacial score (nSPS) is 13.7. The van der Waals surface area contributed by atoms with Gasteiger partial charge in [0.1, 0.15) is 0 Å². The standard InChI is InChI=1S/C9H7N3/c1-2-4-6-9-8(5-3-1)7-10-12-11-9/h1-7H. The van der Waals surface area contributed by atoms with Gasteiger partial charge in [-0.1, -0.05) is 30.4 Å². The van der Waals surface area contributed by atoms with E-state index in [4.69, 9.17) is 0 Å². The van der Waals surface area contributed by atoms with E-state index in [0.717, 1.165) is 11.3 Å². The van der Waals surface area contributed by atoms with Gasteiger partial charge in [-0.25, -0.2) is 0 Å². The van der Waals surface area contributed by atoms with E-state index in [2.05, 4.69) is 15.4 Å². The summed E-state index contributed by atoms with van der Waals surface area (Å²) in [7, 11) is 0. The SMILES string of the molecule is C1=CC=Cc2nnncc2C=C1. The van der Waals surface area contributed by atoms with Crippen LogP contribution in [-0.2, 0) is 0 Å². The molecule has 1 aliphatic carbocycles. The molecule has 58 valence electrons. The Morgan fingerprint density at radius 2 is 1.75 bits per heavy atom. The second kappa shape index (κ2) is 3.09. The molecule has 1 aliphatic rings. The highest BCUT2D eigenvalue weighted by molar-refractivity contribution is 5.63. The highest BCUT2D eigenvalue weighted by Gasteiger charge is 1.97. The lowest BCUT2D eigenvalue weighted by Gasteiger charge is -1.96. The minimum atomic E-state index is 0.852. The summed E-state index contributed by atoms with van der Waals surface area (Å²) >= 11 is 0. The molecule has 3 heteroatoms. The lowest BCUT2D eigenvalue weighted by Crippen LogP contribution is -1.93. The molecule has 0 saturated heterocycles. The lowest BCUT2D eigenvalue weighted by molar-refractivity contribution is 0.854. The quantitative estimate of drug-likeness (QED) is 0.572. The maximum absolute atomic E-state index is 3.89. The summed E-state index contributed by atoms with van der Waals surface area (Å²) in [6.45, 7) is 0. The molecule has 1 aromatic rings. The third-order valence-corrected chi connectivity index (χ3v) is 1.56. The Hall–Kier alpha value is -1.77. The first-order valence-corrected chi connectivity index (χ1v) is 3.66.